The highest BCUT2D eigenvalue weighted by Gasteiger charge is 2.27. The summed E-state index contributed by atoms with van der Waals surface area (Å²) in [4.78, 5) is 49.2. The quantitative estimate of drug-likeness (QED) is 0.665. The van der Waals surface area contributed by atoms with E-state index in [0.717, 1.165) is 11.3 Å². The number of carbonyl (C=O) groups excluding carboxylic acids is 4. The maximum absolute atomic E-state index is 12.9. The molecule has 2 rings (SSSR count). The average molecular weight is 418 g/mol. The van der Waals surface area contributed by atoms with Gasteiger partial charge in [-0.3, -0.25) is 9.59 Å². The Hall–Kier alpha value is -3.20. The molecule has 0 radical (unpaired) electrons. The maximum Gasteiger partial charge on any atom is 0.341 e. The molecule has 0 aliphatic rings. The molecule has 8 nitrogen and oxygen atoms in total. The Bertz CT molecular complexity index is 950. The summed E-state index contributed by atoms with van der Waals surface area (Å²) in [5.41, 5.74) is 0.977. The number of hydrogen-bond acceptors (Lipinski definition) is 7. The van der Waals surface area contributed by atoms with E-state index < -0.39 is 17.8 Å². The second-order valence-electron chi connectivity index (χ2n) is 6.04. The van der Waals surface area contributed by atoms with Crippen LogP contribution in [0.5, 0.6) is 0 Å². The van der Waals surface area contributed by atoms with Crippen molar-refractivity contribution < 1.29 is 28.7 Å². The molecule has 1 heterocycles. The third-order valence-corrected chi connectivity index (χ3v) is 5.26. The van der Waals surface area contributed by atoms with Crippen LogP contribution in [0.15, 0.2) is 24.3 Å². The Labute approximate surface area is 172 Å². The van der Waals surface area contributed by atoms with Crippen LogP contribution in [0.25, 0.3) is 0 Å². The van der Waals surface area contributed by atoms with Crippen molar-refractivity contribution in [2.75, 3.05) is 24.9 Å². The number of benzene rings is 1. The SMILES string of the molecule is CCCC(=O)Nc1sc(C(=O)Nc2ccccc2C(=O)OC)c(C)c1C(=O)OC. The lowest BCUT2D eigenvalue weighted by molar-refractivity contribution is -0.116. The largest absolute Gasteiger partial charge is 0.465 e. The zero-order valence-electron chi connectivity index (χ0n) is 16.6. The molecule has 0 bridgehead atoms. The zero-order valence-corrected chi connectivity index (χ0v) is 17.4. The van der Waals surface area contributed by atoms with E-state index in [-0.39, 0.29) is 39.0 Å². The van der Waals surface area contributed by atoms with Crippen molar-refractivity contribution in [3.63, 3.8) is 0 Å². The van der Waals surface area contributed by atoms with Crippen molar-refractivity contribution in [1.82, 2.24) is 0 Å². The fraction of sp³-hybridized carbons (Fsp3) is 0.300. The number of nitrogens with one attached hydrogen (secondary N) is 2. The summed E-state index contributed by atoms with van der Waals surface area (Å²) in [6.07, 6.45) is 0.924. The predicted molar refractivity (Wildman–Crippen MR) is 110 cm³/mol. The van der Waals surface area contributed by atoms with Gasteiger partial charge in [-0.05, 0) is 31.0 Å². The Morgan fingerprint density at radius 2 is 1.66 bits per heavy atom. The first-order valence-corrected chi connectivity index (χ1v) is 9.65. The predicted octanol–water partition coefficient (Wildman–Crippen LogP) is 3.62. The summed E-state index contributed by atoms with van der Waals surface area (Å²) in [7, 11) is 2.47. The zero-order chi connectivity index (χ0) is 21.6. The number of ether oxygens (including phenoxy) is 2. The van der Waals surface area contributed by atoms with Crippen LogP contribution in [0.1, 0.15) is 55.7 Å². The average Bonchev–Trinajstić information content (AvgIpc) is 3.03. The van der Waals surface area contributed by atoms with Gasteiger partial charge in [0.25, 0.3) is 5.91 Å². The molecular formula is C20H22N2O6S. The van der Waals surface area contributed by atoms with E-state index in [9.17, 15) is 19.2 Å². The van der Waals surface area contributed by atoms with Gasteiger partial charge in [0.2, 0.25) is 5.91 Å². The molecule has 1 aromatic carbocycles. The number of carbonyl (C=O) groups is 4. The fourth-order valence-electron chi connectivity index (χ4n) is 2.64. The lowest BCUT2D eigenvalue weighted by Gasteiger charge is -2.09. The van der Waals surface area contributed by atoms with E-state index in [1.165, 1.54) is 20.3 Å². The summed E-state index contributed by atoms with van der Waals surface area (Å²) < 4.78 is 9.53. The highest BCUT2D eigenvalue weighted by molar-refractivity contribution is 7.18. The molecule has 2 amide bonds. The first kappa shape index (κ1) is 22.1. The number of rotatable bonds is 7. The van der Waals surface area contributed by atoms with Gasteiger partial charge in [0.15, 0.2) is 0 Å². The molecule has 0 saturated heterocycles. The molecule has 9 heteroatoms. The van der Waals surface area contributed by atoms with Crippen LogP contribution < -0.4 is 10.6 Å². The van der Waals surface area contributed by atoms with Crippen LogP contribution in [0, 0.1) is 6.92 Å². The lowest BCUT2D eigenvalue weighted by Crippen LogP contribution is -2.15. The fourth-order valence-corrected chi connectivity index (χ4v) is 3.75. The molecule has 0 atom stereocenters. The second-order valence-corrected chi connectivity index (χ2v) is 7.06. The van der Waals surface area contributed by atoms with Crippen molar-refractivity contribution >= 4 is 45.8 Å². The Kier molecular flexibility index (Phi) is 7.49. The number of para-hydroxylation sites is 1. The molecule has 0 saturated carbocycles. The molecule has 29 heavy (non-hydrogen) atoms. The molecule has 0 aliphatic carbocycles. The molecule has 2 aromatic rings. The van der Waals surface area contributed by atoms with E-state index in [1.54, 1.807) is 25.1 Å². The van der Waals surface area contributed by atoms with Crippen LogP contribution in [0.4, 0.5) is 10.7 Å². The summed E-state index contributed by atoms with van der Waals surface area (Å²) in [5.74, 6) is -2.03. The van der Waals surface area contributed by atoms with E-state index in [4.69, 9.17) is 9.47 Å². The summed E-state index contributed by atoms with van der Waals surface area (Å²) in [5, 5.41) is 5.58. The number of esters is 2. The van der Waals surface area contributed by atoms with Crippen molar-refractivity contribution in [1.29, 1.82) is 0 Å². The van der Waals surface area contributed by atoms with Gasteiger partial charge in [-0.15, -0.1) is 11.3 Å². The molecule has 0 fully saturated rings. The van der Waals surface area contributed by atoms with Crippen molar-refractivity contribution in [2.45, 2.75) is 26.7 Å². The number of methoxy groups -OCH3 is 2. The standard InChI is InChI=1S/C20H22N2O6S/c1-5-8-14(23)22-18-15(20(26)28-4)11(2)16(29-18)17(24)21-13-10-7-6-9-12(13)19(25)27-3/h6-7,9-10H,5,8H2,1-4H3,(H,21,24)(H,22,23). The van der Waals surface area contributed by atoms with Crippen LogP contribution in [-0.4, -0.2) is 38.0 Å². The van der Waals surface area contributed by atoms with Gasteiger partial charge in [-0.25, -0.2) is 9.59 Å². The molecule has 1 aromatic heterocycles. The van der Waals surface area contributed by atoms with Gasteiger partial charge in [0, 0.05) is 6.42 Å². The normalized spacial score (nSPS) is 10.2. The van der Waals surface area contributed by atoms with Crippen molar-refractivity contribution in [2.24, 2.45) is 0 Å². The number of anilines is 2. The van der Waals surface area contributed by atoms with Crippen LogP contribution >= 0.6 is 11.3 Å². The van der Waals surface area contributed by atoms with Crippen molar-refractivity contribution in [3.05, 3.63) is 45.8 Å². The Morgan fingerprint density at radius 3 is 2.28 bits per heavy atom. The van der Waals surface area contributed by atoms with Crippen molar-refractivity contribution in [3.8, 4) is 0 Å². The number of thiophene rings is 1. The highest BCUT2D eigenvalue weighted by atomic mass is 32.1. The Morgan fingerprint density at radius 1 is 1.00 bits per heavy atom. The smallest absolute Gasteiger partial charge is 0.341 e. The number of hydrogen-bond donors (Lipinski definition) is 2. The minimum absolute atomic E-state index is 0.133. The highest BCUT2D eigenvalue weighted by Crippen LogP contribution is 2.34. The van der Waals surface area contributed by atoms with Gasteiger partial charge < -0.3 is 20.1 Å². The molecule has 0 aliphatic heterocycles. The van der Waals surface area contributed by atoms with E-state index in [0.29, 0.717) is 12.0 Å². The molecule has 0 spiro atoms. The van der Waals surface area contributed by atoms with Gasteiger partial charge in [0.05, 0.1) is 35.9 Å². The third-order valence-electron chi connectivity index (χ3n) is 4.05. The van der Waals surface area contributed by atoms with Crippen LogP contribution in [0.2, 0.25) is 0 Å². The maximum atomic E-state index is 12.9. The molecular weight excluding hydrogens is 396 g/mol. The van der Waals surface area contributed by atoms with E-state index in [1.807, 2.05) is 6.92 Å². The van der Waals surface area contributed by atoms with E-state index >= 15 is 0 Å². The Balaban J connectivity index is 2.41. The third kappa shape index (κ3) is 5.00. The van der Waals surface area contributed by atoms with Crippen LogP contribution in [-0.2, 0) is 14.3 Å². The first-order chi connectivity index (χ1) is 13.8. The van der Waals surface area contributed by atoms with Gasteiger partial charge in [-0.1, -0.05) is 19.1 Å². The van der Waals surface area contributed by atoms with Crippen LogP contribution in [0.3, 0.4) is 0 Å². The number of amides is 2. The minimum Gasteiger partial charge on any atom is -0.465 e. The molecule has 0 unspecified atom stereocenters. The van der Waals surface area contributed by atoms with Gasteiger partial charge >= 0.3 is 11.9 Å². The lowest BCUT2D eigenvalue weighted by atomic mass is 10.1. The topological polar surface area (TPSA) is 111 Å². The van der Waals surface area contributed by atoms with E-state index in [2.05, 4.69) is 10.6 Å². The molecule has 2 N–H and O–H groups in total. The van der Waals surface area contributed by atoms with Gasteiger partial charge in [0.1, 0.15) is 5.00 Å². The monoisotopic (exact) mass is 418 g/mol. The summed E-state index contributed by atoms with van der Waals surface area (Å²) in [6.45, 7) is 3.46. The molecule has 154 valence electrons. The summed E-state index contributed by atoms with van der Waals surface area (Å²) >= 11 is 0.970. The summed E-state index contributed by atoms with van der Waals surface area (Å²) in [6, 6.07) is 6.41. The van der Waals surface area contributed by atoms with Gasteiger partial charge in [-0.2, -0.15) is 0 Å². The first-order valence-electron chi connectivity index (χ1n) is 8.84. The second kappa shape index (κ2) is 9.83. The minimum atomic E-state index is -0.653.